The monoisotopic (exact) mass is 206 g/mol. The molecule has 1 atom stereocenters. The van der Waals surface area contributed by atoms with E-state index in [1.165, 1.54) is 6.07 Å². The molecule has 0 aromatic heterocycles. The van der Waals surface area contributed by atoms with E-state index in [-0.39, 0.29) is 11.6 Å². The molecule has 0 radical (unpaired) electrons. The standard InChI is InChI=1S/C11H11FN2O/c12-9-4-6(5-13)3-8(11(9)15)10(14)7-1-2-7/h3-4,7,10,15H,1-2,14H2/t10-/m0/s1. The second kappa shape index (κ2) is 3.52. The molecule has 1 aromatic rings. The van der Waals surface area contributed by atoms with E-state index in [0.29, 0.717) is 11.5 Å². The SMILES string of the molecule is N#Cc1cc(F)c(O)c([C@@H](N)C2CC2)c1. The van der Waals surface area contributed by atoms with Crippen LogP contribution in [0.4, 0.5) is 4.39 Å². The number of hydrogen-bond donors (Lipinski definition) is 2. The molecule has 1 fully saturated rings. The molecule has 0 heterocycles. The summed E-state index contributed by atoms with van der Waals surface area (Å²) in [5, 5.41) is 18.2. The smallest absolute Gasteiger partial charge is 0.166 e. The highest BCUT2D eigenvalue weighted by Crippen LogP contribution is 2.42. The summed E-state index contributed by atoms with van der Waals surface area (Å²) in [5.74, 6) is -0.891. The van der Waals surface area contributed by atoms with Crippen LogP contribution in [0.15, 0.2) is 12.1 Å². The van der Waals surface area contributed by atoms with Crippen LogP contribution in [0.25, 0.3) is 0 Å². The van der Waals surface area contributed by atoms with Crippen LogP contribution in [0.3, 0.4) is 0 Å². The number of benzene rings is 1. The molecule has 0 bridgehead atoms. The lowest BCUT2D eigenvalue weighted by atomic mass is 10.00. The Kier molecular flexibility index (Phi) is 2.33. The lowest BCUT2D eigenvalue weighted by molar-refractivity contribution is 0.416. The molecule has 15 heavy (non-hydrogen) atoms. The van der Waals surface area contributed by atoms with Crippen molar-refractivity contribution in [1.29, 1.82) is 5.26 Å². The number of rotatable bonds is 2. The van der Waals surface area contributed by atoms with Gasteiger partial charge in [0.25, 0.3) is 0 Å². The minimum Gasteiger partial charge on any atom is -0.505 e. The van der Waals surface area contributed by atoms with Crippen molar-refractivity contribution in [3.05, 3.63) is 29.1 Å². The normalized spacial score (nSPS) is 17.1. The fourth-order valence-corrected chi connectivity index (χ4v) is 1.65. The topological polar surface area (TPSA) is 70.0 Å². The van der Waals surface area contributed by atoms with Crippen LogP contribution in [0.2, 0.25) is 0 Å². The van der Waals surface area contributed by atoms with Crippen LogP contribution in [0.1, 0.15) is 30.0 Å². The van der Waals surface area contributed by atoms with E-state index in [4.69, 9.17) is 11.0 Å². The lowest BCUT2D eigenvalue weighted by Crippen LogP contribution is -2.13. The average Bonchev–Trinajstić information content (AvgIpc) is 3.04. The average molecular weight is 206 g/mol. The molecule has 0 unspecified atom stereocenters. The Balaban J connectivity index is 2.44. The number of nitrogens with zero attached hydrogens (tertiary/aromatic N) is 1. The molecule has 0 aliphatic heterocycles. The molecule has 1 aromatic carbocycles. The van der Waals surface area contributed by atoms with Crippen LogP contribution in [0.5, 0.6) is 5.75 Å². The summed E-state index contributed by atoms with van der Waals surface area (Å²) >= 11 is 0. The van der Waals surface area contributed by atoms with Crippen molar-refractivity contribution in [3.8, 4) is 11.8 Å². The second-order valence-electron chi connectivity index (χ2n) is 3.87. The van der Waals surface area contributed by atoms with E-state index in [1.807, 2.05) is 6.07 Å². The zero-order valence-corrected chi connectivity index (χ0v) is 8.07. The number of phenolic OH excluding ortho intramolecular Hbond substituents is 1. The Bertz CT molecular complexity index is 435. The van der Waals surface area contributed by atoms with Crippen LogP contribution < -0.4 is 5.73 Å². The number of hydrogen-bond acceptors (Lipinski definition) is 3. The highest BCUT2D eigenvalue weighted by Gasteiger charge is 2.31. The van der Waals surface area contributed by atoms with Crippen molar-refractivity contribution in [2.45, 2.75) is 18.9 Å². The van der Waals surface area contributed by atoms with Crippen molar-refractivity contribution in [2.24, 2.45) is 11.7 Å². The zero-order valence-electron chi connectivity index (χ0n) is 8.07. The van der Waals surface area contributed by atoms with Crippen LogP contribution in [-0.2, 0) is 0 Å². The van der Waals surface area contributed by atoms with Crippen LogP contribution >= 0.6 is 0 Å². The summed E-state index contributed by atoms with van der Waals surface area (Å²) < 4.78 is 13.2. The van der Waals surface area contributed by atoms with Crippen molar-refractivity contribution >= 4 is 0 Å². The van der Waals surface area contributed by atoms with Crippen molar-refractivity contribution in [2.75, 3.05) is 0 Å². The minimum absolute atomic E-state index is 0.191. The van der Waals surface area contributed by atoms with Gasteiger partial charge < -0.3 is 10.8 Å². The number of halogens is 1. The Morgan fingerprint density at radius 3 is 2.73 bits per heavy atom. The fourth-order valence-electron chi connectivity index (χ4n) is 1.65. The Morgan fingerprint density at radius 2 is 2.20 bits per heavy atom. The van der Waals surface area contributed by atoms with E-state index in [0.717, 1.165) is 18.9 Å². The van der Waals surface area contributed by atoms with Crippen molar-refractivity contribution in [1.82, 2.24) is 0 Å². The molecule has 0 amide bonds. The third kappa shape index (κ3) is 1.79. The molecule has 4 heteroatoms. The first-order chi connectivity index (χ1) is 7.13. The first-order valence-corrected chi connectivity index (χ1v) is 4.81. The quantitative estimate of drug-likeness (QED) is 0.775. The fraction of sp³-hybridized carbons (Fsp3) is 0.364. The number of phenols is 1. The predicted octanol–water partition coefficient (Wildman–Crippen LogP) is 1.81. The van der Waals surface area contributed by atoms with Crippen molar-refractivity contribution in [3.63, 3.8) is 0 Å². The van der Waals surface area contributed by atoms with Crippen molar-refractivity contribution < 1.29 is 9.50 Å². The van der Waals surface area contributed by atoms with Gasteiger partial charge in [-0.3, -0.25) is 0 Å². The Morgan fingerprint density at radius 1 is 1.53 bits per heavy atom. The summed E-state index contributed by atoms with van der Waals surface area (Å²) in [6.07, 6.45) is 2.00. The number of nitrogens with two attached hydrogens (primary N) is 1. The molecule has 1 aliphatic rings. The molecule has 3 nitrogen and oxygen atoms in total. The third-order valence-corrected chi connectivity index (χ3v) is 2.71. The summed E-state index contributed by atoms with van der Waals surface area (Å²) in [6.45, 7) is 0. The van der Waals surface area contributed by atoms with E-state index in [2.05, 4.69) is 0 Å². The van der Waals surface area contributed by atoms with E-state index >= 15 is 0 Å². The molecule has 0 spiro atoms. The largest absolute Gasteiger partial charge is 0.505 e. The van der Waals surface area contributed by atoms with Gasteiger partial charge in [0.2, 0.25) is 0 Å². The van der Waals surface area contributed by atoms with Gasteiger partial charge in [0, 0.05) is 11.6 Å². The summed E-state index contributed by atoms with van der Waals surface area (Å²) in [5.41, 5.74) is 6.39. The Hall–Kier alpha value is -1.60. The van der Waals surface area contributed by atoms with Gasteiger partial charge in [-0.05, 0) is 30.9 Å². The predicted molar refractivity (Wildman–Crippen MR) is 52.4 cm³/mol. The first kappa shape index (κ1) is 9.94. The number of nitriles is 1. The van der Waals surface area contributed by atoms with Gasteiger partial charge in [0.1, 0.15) is 0 Å². The molecular formula is C11H11FN2O. The van der Waals surface area contributed by atoms with Gasteiger partial charge in [-0.25, -0.2) is 4.39 Å². The summed E-state index contributed by atoms with van der Waals surface area (Å²) in [7, 11) is 0. The Labute approximate surface area is 86.9 Å². The molecule has 2 rings (SSSR count). The van der Waals surface area contributed by atoms with Gasteiger partial charge in [0.15, 0.2) is 11.6 Å². The number of aromatic hydroxyl groups is 1. The molecule has 3 N–H and O–H groups in total. The highest BCUT2D eigenvalue weighted by atomic mass is 19.1. The van der Waals surface area contributed by atoms with E-state index in [9.17, 15) is 9.50 Å². The maximum Gasteiger partial charge on any atom is 0.166 e. The molecule has 78 valence electrons. The third-order valence-electron chi connectivity index (χ3n) is 2.71. The lowest BCUT2D eigenvalue weighted by Gasteiger charge is -2.13. The minimum atomic E-state index is -0.778. The highest BCUT2D eigenvalue weighted by molar-refractivity contribution is 5.44. The summed E-state index contributed by atoms with van der Waals surface area (Å²) in [4.78, 5) is 0. The van der Waals surface area contributed by atoms with E-state index in [1.54, 1.807) is 0 Å². The van der Waals surface area contributed by atoms with E-state index < -0.39 is 11.6 Å². The van der Waals surface area contributed by atoms with Gasteiger partial charge in [-0.1, -0.05) is 0 Å². The van der Waals surface area contributed by atoms with Gasteiger partial charge in [0.05, 0.1) is 11.6 Å². The van der Waals surface area contributed by atoms with Gasteiger partial charge >= 0.3 is 0 Å². The molecule has 0 saturated heterocycles. The van der Waals surface area contributed by atoms with Gasteiger partial charge in [-0.15, -0.1) is 0 Å². The summed E-state index contributed by atoms with van der Waals surface area (Å²) in [6, 6.07) is 3.95. The first-order valence-electron chi connectivity index (χ1n) is 4.81. The molecule has 1 aliphatic carbocycles. The second-order valence-corrected chi connectivity index (χ2v) is 3.87. The van der Waals surface area contributed by atoms with Gasteiger partial charge in [-0.2, -0.15) is 5.26 Å². The van der Waals surface area contributed by atoms with Crippen LogP contribution in [0, 0.1) is 23.1 Å². The maximum atomic E-state index is 13.2. The maximum absolute atomic E-state index is 13.2. The van der Waals surface area contributed by atoms with Crippen LogP contribution in [-0.4, -0.2) is 5.11 Å². The molecular weight excluding hydrogens is 195 g/mol. The molecule has 1 saturated carbocycles. The zero-order chi connectivity index (χ0) is 11.0.